The number of amides is 3. The van der Waals surface area contributed by atoms with Crippen molar-refractivity contribution in [1.29, 1.82) is 5.26 Å². The molecule has 0 bridgehead atoms. The molecule has 48 heavy (non-hydrogen) atoms. The number of rotatable bonds is 7. The standard InChI is InChI=1S/C35H38N6O6S/c1-46-32-29(8-5-15-37-32)35(38-34(43)40-18-13-26(14-19-40)25-11-16-39(17-12-25)27-22-47-23-27)30-20-24(21-36)9-10-31(30)41(33(35)42)48(44,45)28-6-3-2-4-7-28/h2-10,15,20,25-27H,11-14,16-19,22-23H2,1H3,(H,38,43). The molecule has 13 heteroatoms. The van der Waals surface area contributed by atoms with Crippen molar-refractivity contribution in [1.82, 2.24) is 20.1 Å². The zero-order valence-corrected chi connectivity index (χ0v) is 27.6. The van der Waals surface area contributed by atoms with Gasteiger partial charge in [-0.15, -0.1) is 0 Å². The van der Waals surface area contributed by atoms with E-state index in [9.17, 15) is 23.3 Å². The number of methoxy groups -OCH3 is 1. The van der Waals surface area contributed by atoms with Crippen LogP contribution in [0.15, 0.2) is 71.8 Å². The lowest BCUT2D eigenvalue weighted by Gasteiger charge is -2.44. The van der Waals surface area contributed by atoms with Gasteiger partial charge in [-0.1, -0.05) is 18.2 Å². The van der Waals surface area contributed by atoms with Crippen LogP contribution >= 0.6 is 0 Å². The number of urea groups is 1. The fraction of sp³-hybridized carbons (Fsp3) is 0.429. The highest BCUT2D eigenvalue weighted by Gasteiger charge is 2.59. The molecule has 1 atom stereocenters. The summed E-state index contributed by atoms with van der Waals surface area (Å²) in [6.07, 6.45) is 5.43. The van der Waals surface area contributed by atoms with E-state index in [0.29, 0.717) is 31.0 Å². The molecule has 3 saturated heterocycles. The molecule has 250 valence electrons. The van der Waals surface area contributed by atoms with Crippen LogP contribution in [-0.2, 0) is 25.1 Å². The number of hydrogen-bond acceptors (Lipinski definition) is 9. The van der Waals surface area contributed by atoms with Crippen molar-refractivity contribution in [3.63, 3.8) is 0 Å². The highest BCUT2D eigenvalue weighted by molar-refractivity contribution is 7.93. The largest absolute Gasteiger partial charge is 0.481 e. The highest BCUT2D eigenvalue weighted by Crippen LogP contribution is 2.49. The molecule has 3 aromatic rings. The van der Waals surface area contributed by atoms with Crippen molar-refractivity contribution in [3.8, 4) is 11.9 Å². The number of nitriles is 1. The smallest absolute Gasteiger partial charge is 0.318 e. The Balaban J connectivity index is 1.21. The zero-order chi connectivity index (χ0) is 33.5. The van der Waals surface area contributed by atoms with Crippen molar-refractivity contribution in [3.05, 3.63) is 83.6 Å². The molecular formula is C35H38N6O6S. The van der Waals surface area contributed by atoms with Gasteiger partial charge < -0.3 is 19.7 Å². The average molecular weight is 671 g/mol. The molecule has 1 N–H and O–H groups in total. The number of sulfonamides is 1. The number of pyridine rings is 1. The van der Waals surface area contributed by atoms with Gasteiger partial charge >= 0.3 is 6.03 Å². The van der Waals surface area contributed by atoms with Gasteiger partial charge in [0.25, 0.3) is 15.9 Å². The molecule has 0 spiro atoms. The van der Waals surface area contributed by atoms with Gasteiger partial charge in [-0.3, -0.25) is 9.69 Å². The van der Waals surface area contributed by atoms with Gasteiger partial charge in [0.1, 0.15) is 0 Å². The molecule has 1 aromatic heterocycles. The van der Waals surface area contributed by atoms with Crippen LogP contribution in [0.5, 0.6) is 5.88 Å². The molecule has 4 aliphatic heterocycles. The van der Waals surface area contributed by atoms with Crippen LogP contribution in [0.25, 0.3) is 0 Å². The molecule has 0 radical (unpaired) electrons. The molecule has 7 rings (SSSR count). The molecule has 1 unspecified atom stereocenters. The lowest BCUT2D eigenvalue weighted by Crippen LogP contribution is -2.58. The summed E-state index contributed by atoms with van der Waals surface area (Å²) in [4.78, 5) is 37.6. The topological polar surface area (TPSA) is 145 Å². The minimum atomic E-state index is -4.44. The van der Waals surface area contributed by atoms with Crippen molar-refractivity contribution < 1.29 is 27.5 Å². The van der Waals surface area contributed by atoms with Gasteiger partial charge in [-0.2, -0.15) is 9.57 Å². The van der Waals surface area contributed by atoms with E-state index in [2.05, 4.69) is 21.3 Å². The van der Waals surface area contributed by atoms with Gasteiger partial charge in [0.15, 0.2) is 5.54 Å². The molecule has 4 aliphatic rings. The summed E-state index contributed by atoms with van der Waals surface area (Å²) in [7, 11) is -3.05. The number of benzene rings is 2. The predicted molar refractivity (Wildman–Crippen MR) is 176 cm³/mol. The minimum Gasteiger partial charge on any atom is -0.481 e. The van der Waals surface area contributed by atoms with E-state index in [1.165, 1.54) is 43.6 Å². The van der Waals surface area contributed by atoms with Crippen molar-refractivity contribution >= 4 is 27.6 Å². The van der Waals surface area contributed by atoms with Gasteiger partial charge in [-0.05, 0) is 93.1 Å². The number of ether oxygens (including phenoxy) is 2. The number of likely N-dealkylation sites (tertiary alicyclic amines) is 2. The van der Waals surface area contributed by atoms with E-state index in [4.69, 9.17) is 9.47 Å². The number of piperidine rings is 2. The maximum Gasteiger partial charge on any atom is 0.318 e. The van der Waals surface area contributed by atoms with E-state index < -0.39 is 27.5 Å². The van der Waals surface area contributed by atoms with Crippen LogP contribution < -0.4 is 14.4 Å². The Labute approximate surface area is 280 Å². The first-order valence-corrected chi connectivity index (χ1v) is 17.8. The summed E-state index contributed by atoms with van der Waals surface area (Å²) in [5, 5.41) is 12.8. The second kappa shape index (κ2) is 12.8. The number of anilines is 1. The molecule has 0 saturated carbocycles. The number of hydrogen-bond donors (Lipinski definition) is 1. The summed E-state index contributed by atoms with van der Waals surface area (Å²) in [6, 6.07) is 17.3. The number of carbonyl (C=O) groups excluding carboxylic acids is 2. The first kappa shape index (κ1) is 32.1. The number of nitrogens with one attached hydrogen (secondary N) is 1. The first-order chi connectivity index (χ1) is 23.3. The van der Waals surface area contributed by atoms with Crippen molar-refractivity contribution in [2.75, 3.05) is 50.8 Å². The number of carbonyl (C=O) groups is 2. The normalized spacial score (nSPS) is 22.5. The second-order valence-electron chi connectivity index (χ2n) is 12.9. The maximum absolute atomic E-state index is 14.9. The fourth-order valence-electron chi connectivity index (χ4n) is 7.69. The molecule has 5 heterocycles. The van der Waals surface area contributed by atoms with E-state index in [1.54, 1.807) is 35.2 Å². The molecule has 3 amide bonds. The minimum absolute atomic E-state index is 0.0348. The molecule has 2 aromatic carbocycles. The maximum atomic E-state index is 14.9. The van der Waals surface area contributed by atoms with Crippen molar-refractivity contribution in [2.45, 2.75) is 42.2 Å². The monoisotopic (exact) mass is 670 g/mol. The van der Waals surface area contributed by atoms with E-state index in [1.807, 2.05) is 0 Å². The van der Waals surface area contributed by atoms with Crippen LogP contribution in [0.3, 0.4) is 0 Å². The number of aromatic nitrogens is 1. The summed E-state index contributed by atoms with van der Waals surface area (Å²) in [5.74, 6) is 0.217. The average Bonchev–Trinajstić information content (AvgIpc) is 3.35. The predicted octanol–water partition coefficient (Wildman–Crippen LogP) is 3.47. The van der Waals surface area contributed by atoms with Gasteiger partial charge in [0.2, 0.25) is 5.88 Å². The lowest BCUT2D eigenvalue weighted by molar-refractivity contribution is -0.121. The van der Waals surface area contributed by atoms with Gasteiger partial charge in [0.05, 0.1) is 54.1 Å². The summed E-state index contributed by atoms with van der Waals surface area (Å²) >= 11 is 0. The van der Waals surface area contributed by atoms with Crippen LogP contribution in [0, 0.1) is 23.2 Å². The Bertz CT molecular complexity index is 1850. The Morgan fingerprint density at radius 2 is 1.67 bits per heavy atom. The van der Waals surface area contributed by atoms with Crippen molar-refractivity contribution in [2.24, 2.45) is 11.8 Å². The van der Waals surface area contributed by atoms with E-state index in [0.717, 1.165) is 56.3 Å². The summed E-state index contributed by atoms with van der Waals surface area (Å²) < 4.78 is 40.0. The Morgan fingerprint density at radius 3 is 2.29 bits per heavy atom. The molecule has 12 nitrogen and oxygen atoms in total. The van der Waals surface area contributed by atoms with E-state index >= 15 is 0 Å². The number of fused-ring (bicyclic) bond motifs is 1. The quantitative estimate of drug-likeness (QED) is 0.400. The van der Waals surface area contributed by atoms with Gasteiger partial charge in [0, 0.05) is 24.8 Å². The third-order valence-electron chi connectivity index (χ3n) is 10.4. The summed E-state index contributed by atoms with van der Waals surface area (Å²) in [6.45, 7) is 4.79. The zero-order valence-electron chi connectivity index (χ0n) is 26.7. The fourth-order valence-corrected chi connectivity index (χ4v) is 9.17. The van der Waals surface area contributed by atoms with Gasteiger partial charge in [-0.25, -0.2) is 18.2 Å². The van der Waals surface area contributed by atoms with E-state index in [-0.39, 0.29) is 33.2 Å². The first-order valence-electron chi connectivity index (χ1n) is 16.4. The highest BCUT2D eigenvalue weighted by atomic mass is 32.2. The van der Waals surface area contributed by atoms with Crippen LogP contribution in [-0.4, -0.2) is 87.7 Å². The third-order valence-corrected chi connectivity index (χ3v) is 12.1. The van der Waals surface area contributed by atoms with Crippen LogP contribution in [0.2, 0.25) is 0 Å². The Morgan fingerprint density at radius 1 is 0.979 bits per heavy atom. The number of nitrogens with zero attached hydrogens (tertiary/aromatic N) is 5. The second-order valence-corrected chi connectivity index (χ2v) is 14.6. The van der Waals surface area contributed by atoms with Crippen LogP contribution in [0.4, 0.5) is 10.5 Å². The SMILES string of the molecule is COc1ncccc1C1(NC(=O)N2CCC(C3CCN(C4COC4)CC3)CC2)C(=O)N(S(=O)(=O)c2ccccc2)c2ccc(C#N)cc21. The van der Waals surface area contributed by atoms with Crippen LogP contribution in [0.1, 0.15) is 42.4 Å². The lowest BCUT2D eigenvalue weighted by atomic mass is 9.78. The molecular weight excluding hydrogens is 632 g/mol. The third kappa shape index (κ3) is 5.38. The Hall–Kier alpha value is -4.51. The molecule has 3 fully saturated rings. The Kier molecular flexibility index (Phi) is 8.57. The molecule has 0 aliphatic carbocycles. The summed E-state index contributed by atoms with van der Waals surface area (Å²) in [5.41, 5.74) is -1.53.